The van der Waals surface area contributed by atoms with Gasteiger partial charge in [-0.25, -0.2) is 10.9 Å². The number of amides is 4. The molecular formula is C25H30F3N7O8S. The molecule has 0 aliphatic carbocycles. The predicted molar refractivity (Wildman–Crippen MR) is 148 cm³/mol. The fourth-order valence-electron chi connectivity index (χ4n) is 3.60. The SMILES string of the molecule is C#CCNC(=O)C(NC(=O)CSCC(NC(=O)CCC(N)C(=O)O)C(=O)NCC(=O)O)c1ccc(C2(C(F)(F)F)NN2)cc1. The zero-order chi connectivity index (χ0) is 33.1. The van der Waals surface area contributed by atoms with Gasteiger partial charge in [-0.3, -0.25) is 28.8 Å². The number of carboxylic acid groups (broad SMARTS) is 2. The number of hydrogen-bond donors (Lipinski definition) is 9. The van der Waals surface area contributed by atoms with Gasteiger partial charge in [0.2, 0.25) is 29.3 Å². The van der Waals surface area contributed by atoms with Crippen LogP contribution in [0.15, 0.2) is 24.3 Å². The van der Waals surface area contributed by atoms with E-state index >= 15 is 0 Å². The third kappa shape index (κ3) is 10.4. The maximum absolute atomic E-state index is 13.4. The number of rotatable bonds is 17. The fraction of sp³-hybridized carbons (Fsp3) is 0.440. The first-order valence-electron chi connectivity index (χ1n) is 12.7. The topological polar surface area (TPSA) is 261 Å². The molecule has 10 N–H and O–H groups in total. The van der Waals surface area contributed by atoms with E-state index in [-0.39, 0.29) is 42.0 Å². The van der Waals surface area contributed by atoms with Crippen LogP contribution in [0.2, 0.25) is 0 Å². The first-order valence-corrected chi connectivity index (χ1v) is 13.8. The van der Waals surface area contributed by atoms with Crippen molar-refractivity contribution in [1.82, 2.24) is 32.1 Å². The zero-order valence-electron chi connectivity index (χ0n) is 22.8. The maximum atomic E-state index is 13.4. The number of thioether (sulfide) groups is 1. The smallest absolute Gasteiger partial charge is 0.426 e. The Morgan fingerprint density at radius 3 is 2.16 bits per heavy atom. The molecule has 44 heavy (non-hydrogen) atoms. The van der Waals surface area contributed by atoms with Crippen LogP contribution in [0.5, 0.6) is 0 Å². The molecule has 1 aliphatic rings. The van der Waals surface area contributed by atoms with E-state index in [9.17, 15) is 41.9 Å². The summed E-state index contributed by atoms with van der Waals surface area (Å²) in [4.78, 5) is 71.9. The van der Waals surface area contributed by atoms with Gasteiger partial charge in [-0.05, 0) is 17.5 Å². The van der Waals surface area contributed by atoms with Crippen LogP contribution in [0.4, 0.5) is 13.2 Å². The summed E-state index contributed by atoms with van der Waals surface area (Å²) in [6.45, 7) is -0.961. The van der Waals surface area contributed by atoms with Crippen molar-refractivity contribution in [2.24, 2.45) is 5.73 Å². The van der Waals surface area contributed by atoms with E-state index in [1.165, 1.54) is 12.1 Å². The van der Waals surface area contributed by atoms with Gasteiger partial charge in [0, 0.05) is 12.2 Å². The Morgan fingerprint density at radius 2 is 1.64 bits per heavy atom. The third-order valence-corrected chi connectivity index (χ3v) is 7.03. The van der Waals surface area contributed by atoms with Gasteiger partial charge in [-0.15, -0.1) is 18.2 Å². The monoisotopic (exact) mass is 645 g/mol. The number of aliphatic carboxylic acids is 2. The molecule has 4 amide bonds. The lowest BCUT2D eigenvalue weighted by atomic mass is 9.98. The summed E-state index contributed by atoms with van der Waals surface area (Å²) >= 11 is 0.827. The Labute approximate surface area is 252 Å². The summed E-state index contributed by atoms with van der Waals surface area (Å²) in [5, 5.41) is 26.9. The summed E-state index contributed by atoms with van der Waals surface area (Å²) in [5.41, 5.74) is 7.00. The second kappa shape index (κ2) is 15.9. The van der Waals surface area contributed by atoms with E-state index in [4.69, 9.17) is 22.4 Å². The molecule has 1 saturated heterocycles. The third-order valence-electron chi connectivity index (χ3n) is 5.99. The number of carboxylic acids is 2. The first kappa shape index (κ1) is 35.8. The average molecular weight is 646 g/mol. The zero-order valence-corrected chi connectivity index (χ0v) is 23.6. The van der Waals surface area contributed by atoms with Crippen LogP contribution in [0.3, 0.4) is 0 Å². The number of hydrazine groups is 1. The largest absolute Gasteiger partial charge is 0.480 e. The Bertz CT molecular complexity index is 1290. The lowest BCUT2D eigenvalue weighted by molar-refractivity contribution is -0.165. The molecule has 0 aromatic heterocycles. The quantitative estimate of drug-likeness (QED) is 0.0660. The maximum Gasteiger partial charge on any atom is 0.426 e. The number of alkyl halides is 3. The van der Waals surface area contributed by atoms with Gasteiger partial charge < -0.3 is 37.2 Å². The molecule has 1 aliphatic heterocycles. The molecule has 3 unspecified atom stereocenters. The van der Waals surface area contributed by atoms with Crippen molar-refractivity contribution in [1.29, 1.82) is 0 Å². The molecular weight excluding hydrogens is 615 g/mol. The van der Waals surface area contributed by atoms with Crippen LogP contribution in [0.25, 0.3) is 0 Å². The van der Waals surface area contributed by atoms with Crippen molar-refractivity contribution >= 4 is 47.3 Å². The summed E-state index contributed by atoms with van der Waals surface area (Å²) in [6, 6.07) is 0.704. The van der Waals surface area contributed by atoms with Crippen LogP contribution >= 0.6 is 11.8 Å². The molecule has 15 nitrogen and oxygen atoms in total. The van der Waals surface area contributed by atoms with Gasteiger partial charge in [0.25, 0.3) is 0 Å². The van der Waals surface area contributed by atoms with Crippen molar-refractivity contribution in [3.63, 3.8) is 0 Å². The molecule has 0 radical (unpaired) electrons. The predicted octanol–water partition coefficient (Wildman–Crippen LogP) is -1.97. The Kier molecular flexibility index (Phi) is 12.9. The minimum Gasteiger partial charge on any atom is -0.480 e. The molecule has 1 aromatic carbocycles. The molecule has 1 heterocycles. The Hall–Kier alpha value is -4.38. The van der Waals surface area contributed by atoms with E-state index in [0.29, 0.717) is 0 Å². The normalized spacial score (nSPS) is 15.4. The molecule has 1 aromatic rings. The highest BCUT2D eigenvalue weighted by Crippen LogP contribution is 2.42. The van der Waals surface area contributed by atoms with E-state index in [1.54, 1.807) is 0 Å². The highest BCUT2D eigenvalue weighted by molar-refractivity contribution is 8.00. The first-order chi connectivity index (χ1) is 20.6. The van der Waals surface area contributed by atoms with Gasteiger partial charge in [0.05, 0.1) is 12.3 Å². The van der Waals surface area contributed by atoms with Gasteiger partial charge in [-0.1, -0.05) is 30.2 Å². The van der Waals surface area contributed by atoms with Crippen LogP contribution in [0, 0.1) is 12.3 Å². The number of carbonyl (C=O) groups excluding carboxylic acids is 4. The number of halogens is 3. The minimum atomic E-state index is -4.66. The lowest BCUT2D eigenvalue weighted by Gasteiger charge is -2.21. The number of terminal acetylenes is 1. The highest BCUT2D eigenvalue weighted by Gasteiger charge is 2.65. The van der Waals surface area contributed by atoms with E-state index in [1.807, 2.05) is 0 Å². The molecule has 2 rings (SSSR count). The second-order valence-electron chi connectivity index (χ2n) is 9.27. The number of carbonyl (C=O) groups is 6. The van der Waals surface area contributed by atoms with Crippen LogP contribution in [-0.4, -0.2) is 88.6 Å². The molecule has 0 saturated carbocycles. The van der Waals surface area contributed by atoms with Crippen LogP contribution in [-0.2, 0) is 34.4 Å². The van der Waals surface area contributed by atoms with Gasteiger partial charge in [0.1, 0.15) is 24.7 Å². The highest BCUT2D eigenvalue weighted by atomic mass is 32.2. The van der Waals surface area contributed by atoms with E-state index in [2.05, 4.69) is 38.0 Å². The number of nitrogens with two attached hydrogens (primary N) is 1. The fourth-order valence-corrected chi connectivity index (χ4v) is 4.45. The summed E-state index contributed by atoms with van der Waals surface area (Å²) in [5.74, 6) is -4.24. The average Bonchev–Trinajstić information content (AvgIpc) is 3.78. The number of nitrogens with one attached hydrogen (secondary N) is 6. The van der Waals surface area contributed by atoms with Crippen molar-refractivity contribution < 1.29 is 52.2 Å². The Morgan fingerprint density at radius 1 is 1.00 bits per heavy atom. The van der Waals surface area contributed by atoms with Gasteiger partial charge in [0.15, 0.2) is 0 Å². The van der Waals surface area contributed by atoms with Crippen molar-refractivity contribution in [3.05, 3.63) is 35.4 Å². The molecule has 3 atom stereocenters. The van der Waals surface area contributed by atoms with Crippen LogP contribution in [0.1, 0.15) is 30.0 Å². The van der Waals surface area contributed by atoms with Crippen molar-refractivity contribution in [2.75, 3.05) is 24.6 Å². The standard InChI is InChI=1S/C25H30F3N7O8S/c1-2-9-30-22(41)20(13-3-5-14(6-4-13)24(34-35-24)25(26,27)28)33-18(37)12-44-11-16(21(40)31-10-19(38)39)32-17(36)8-7-15(29)23(42)43/h1,3-6,15-16,20,34-35H,7-12,29H2,(H,30,41)(H,31,40)(H,32,36)(H,33,37)(H,38,39)(H,42,43). The molecule has 0 bridgehead atoms. The van der Waals surface area contributed by atoms with Crippen LogP contribution < -0.4 is 37.9 Å². The minimum absolute atomic E-state index is 0.136. The number of benzene rings is 1. The number of hydrogen-bond acceptors (Lipinski definition) is 10. The summed E-state index contributed by atoms with van der Waals surface area (Å²) < 4.78 is 40.2. The van der Waals surface area contributed by atoms with Crippen molar-refractivity contribution in [2.45, 2.75) is 42.8 Å². The van der Waals surface area contributed by atoms with E-state index in [0.717, 1.165) is 23.9 Å². The molecule has 1 fully saturated rings. The lowest BCUT2D eigenvalue weighted by Crippen LogP contribution is -2.49. The Balaban J connectivity index is 2.07. The van der Waals surface area contributed by atoms with Gasteiger partial charge >= 0.3 is 18.1 Å². The van der Waals surface area contributed by atoms with Crippen molar-refractivity contribution in [3.8, 4) is 12.3 Å². The molecule has 19 heteroatoms. The molecule has 0 spiro atoms. The van der Waals surface area contributed by atoms with E-state index < -0.39 is 72.1 Å². The second-order valence-corrected chi connectivity index (χ2v) is 10.3. The summed E-state index contributed by atoms with van der Waals surface area (Å²) in [7, 11) is 0. The molecule has 240 valence electrons. The van der Waals surface area contributed by atoms with Gasteiger partial charge in [-0.2, -0.15) is 13.2 Å². The summed E-state index contributed by atoms with van der Waals surface area (Å²) in [6.07, 6.45) is -0.0872.